The van der Waals surface area contributed by atoms with Crippen LogP contribution in [0.3, 0.4) is 0 Å². The number of furan rings is 1. The lowest BCUT2D eigenvalue weighted by Gasteiger charge is -2.64. The van der Waals surface area contributed by atoms with Crippen molar-refractivity contribution in [3.8, 4) is 0 Å². The molecule has 2 heteroatoms. The van der Waals surface area contributed by atoms with Crippen LogP contribution in [0.15, 0.2) is 22.8 Å². The molecule has 1 aromatic rings. The molecule has 0 radical (unpaired) electrons. The summed E-state index contributed by atoms with van der Waals surface area (Å²) in [6, 6.07) is 3.67. The molecule has 4 fully saturated rings. The number of carbonyl (C=O) groups is 1. The Labute approximate surface area is 114 Å². The van der Waals surface area contributed by atoms with Gasteiger partial charge in [0, 0.05) is 5.41 Å². The SMILES string of the molecule is CC12CC3CC(C)(C1)CC(C(=O)c1ccco1)(C3)C2. The molecule has 0 N–H and O–H groups in total. The number of ketones is 1. The predicted octanol–water partition coefficient (Wildman–Crippen LogP) is 4.46. The van der Waals surface area contributed by atoms with Crippen molar-refractivity contribution in [2.24, 2.45) is 22.2 Å². The Bertz CT molecular complexity index is 509. The van der Waals surface area contributed by atoms with Crippen molar-refractivity contribution in [3.63, 3.8) is 0 Å². The summed E-state index contributed by atoms with van der Waals surface area (Å²) in [7, 11) is 0. The van der Waals surface area contributed by atoms with E-state index >= 15 is 0 Å². The first-order chi connectivity index (χ1) is 8.92. The van der Waals surface area contributed by atoms with Gasteiger partial charge in [0.2, 0.25) is 5.78 Å². The maximum Gasteiger partial charge on any atom is 0.204 e. The normalized spacial score (nSPS) is 47.6. The predicted molar refractivity (Wildman–Crippen MR) is 72.9 cm³/mol. The quantitative estimate of drug-likeness (QED) is 0.733. The number of Topliss-reactive ketones (excluding diaryl/α,β-unsaturated/α-hetero) is 1. The molecule has 4 aliphatic carbocycles. The molecule has 2 unspecified atom stereocenters. The van der Waals surface area contributed by atoms with E-state index in [4.69, 9.17) is 4.42 Å². The van der Waals surface area contributed by atoms with Gasteiger partial charge in [0.1, 0.15) is 0 Å². The Morgan fingerprint density at radius 2 is 1.84 bits per heavy atom. The summed E-state index contributed by atoms with van der Waals surface area (Å²) in [4.78, 5) is 13.0. The van der Waals surface area contributed by atoms with Gasteiger partial charge in [0.15, 0.2) is 5.76 Å². The zero-order chi connectivity index (χ0) is 13.3. The summed E-state index contributed by atoms with van der Waals surface area (Å²) < 4.78 is 5.40. The summed E-state index contributed by atoms with van der Waals surface area (Å²) in [6.45, 7) is 4.81. The van der Waals surface area contributed by atoms with Crippen molar-refractivity contribution in [2.75, 3.05) is 0 Å². The molecule has 0 saturated heterocycles. The molecule has 2 atom stereocenters. The van der Waals surface area contributed by atoms with Crippen molar-refractivity contribution in [2.45, 2.75) is 52.4 Å². The first-order valence-electron chi connectivity index (χ1n) is 7.51. The van der Waals surface area contributed by atoms with Crippen molar-refractivity contribution < 1.29 is 9.21 Å². The second-order valence-corrected chi connectivity index (χ2v) is 8.22. The van der Waals surface area contributed by atoms with Gasteiger partial charge in [-0.25, -0.2) is 0 Å². The van der Waals surface area contributed by atoms with E-state index in [0.717, 1.165) is 25.2 Å². The Morgan fingerprint density at radius 3 is 2.37 bits per heavy atom. The van der Waals surface area contributed by atoms with Crippen LogP contribution in [0.1, 0.15) is 62.9 Å². The minimum Gasteiger partial charge on any atom is -0.461 e. The molecule has 102 valence electrons. The monoisotopic (exact) mass is 258 g/mol. The molecule has 4 aliphatic rings. The van der Waals surface area contributed by atoms with Crippen LogP contribution in [-0.2, 0) is 0 Å². The van der Waals surface area contributed by atoms with Crippen LogP contribution >= 0.6 is 0 Å². The van der Waals surface area contributed by atoms with Crippen LogP contribution in [0.4, 0.5) is 0 Å². The largest absolute Gasteiger partial charge is 0.461 e. The summed E-state index contributed by atoms with van der Waals surface area (Å²) in [6.07, 6.45) is 8.83. The van der Waals surface area contributed by atoms with Gasteiger partial charge in [-0.3, -0.25) is 4.79 Å². The minimum absolute atomic E-state index is 0.124. The van der Waals surface area contributed by atoms with Gasteiger partial charge in [-0.05, 0) is 67.4 Å². The average molecular weight is 258 g/mol. The Balaban J connectivity index is 1.77. The summed E-state index contributed by atoms with van der Waals surface area (Å²) in [5.74, 6) is 1.61. The molecule has 1 heterocycles. The highest BCUT2D eigenvalue weighted by atomic mass is 16.3. The van der Waals surface area contributed by atoms with Crippen LogP contribution in [0, 0.1) is 22.2 Å². The Morgan fingerprint density at radius 1 is 1.16 bits per heavy atom. The first-order valence-corrected chi connectivity index (χ1v) is 7.51. The smallest absolute Gasteiger partial charge is 0.204 e. The first kappa shape index (κ1) is 11.7. The van der Waals surface area contributed by atoms with E-state index in [9.17, 15) is 4.79 Å². The Hall–Kier alpha value is -1.05. The standard InChI is InChI=1S/C17H22O2/c1-15-6-12-7-16(2,9-15)11-17(8-12,10-15)14(18)13-4-3-5-19-13/h3-5,12H,6-11H2,1-2H3. The molecule has 4 bridgehead atoms. The molecular weight excluding hydrogens is 236 g/mol. The third-order valence-corrected chi connectivity index (χ3v) is 5.85. The second-order valence-electron chi connectivity index (χ2n) is 8.22. The van der Waals surface area contributed by atoms with Gasteiger partial charge in [0.05, 0.1) is 6.26 Å². The molecule has 1 aromatic heterocycles. The second kappa shape index (κ2) is 3.34. The van der Waals surface area contributed by atoms with Crippen LogP contribution in [0.25, 0.3) is 0 Å². The molecule has 0 aromatic carbocycles. The van der Waals surface area contributed by atoms with Gasteiger partial charge >= 0.3 is 0 Å². The van der Waals surface area contributed by atoms with E-state index in [0.29, 0.717) is 16.6 Å². The van der Waals surface area contributed by atoms with Crippen molar-refractivity contribution >= 4 is 5.78 Å². The number of hydrogen-bond donors (Lipinski definition) is 0. The van der Waals surface area contributed by atoms with E-state index in [2.05, 4.69) is 13.8 Å². The molecule has 4 saturated carbocycles. The molecule has 0 aliphatic heterocycles. The van der Waals surface area contributed by atoms with E-state index in [1.165, 1.54) is 19.3 Å². The van der Waals surface area contributed by atoms with Crippen molar-refractivity contribution in [1.82, 2.24) is 0 Å². The Kier molecular flexibility index (Phi) is 2.06. The fourth-order valence-electron chi connectivity index (χ4n) is 6.37. The lowest BCUT2D eigenvalue weighted by atomic mass is 9.39. The molecular formula is C17H22O2. The zero-order valence-corrected chi connectivity index (χ0v) is 11.9. The fourth-order valence-corrected chi connectivity index (χ4v) is 6.37. The summed E-state index contributed by atoms with van der Waals surface area (Å²) in [5, 5.41) is 0. The fraction of sp³-hybridized carbons (Fsp3) is 0.706. The highest BCUT2D eigenvalue weighted by molar-refractivity contribution is 5.98. The topological polar surface area (TPSA) is 30.2 Å². The molecule has 19 heavy (non-hydrogen) atoms. The lowest BCUT2D eigenvalue weighted by Crippen LogP contribution is -2.57. The molecule has 5 rings (SSSR count). The summed E-state index contributed by atoms with van der Waals surface area (Å²) >= 11 is 0. The van der Waals surface area contributed by atoms with Gasteiger partial charge in [-0.15, -0.1) is 0 Å². The van der Waals surface area contributed by atoms with Gasteiger partial charge in [-0.2, -0.15) is 0 Å². The maximum atomic E-state index is 13.0. The molecule has 0 spiro atoms. The minimum atomic E-state index is -0.124. The zero-order valence-electron chi connectivity index (χ0n) is 11.9. The number of carbonyl (C=O) groups excluding carboxylic acids is 1. The number of hydrogen-bond acceptors (Lipinski definition) is 2. The van der Waals surface area contributed by atoms with E-state index in [1.807, 2.05) is 12.1 Å². The van der Waals surface area contributed by atoms with Crippen LogP contribution in [0.5, 0.6) is 0 Å². The summed E-state index contributed by atoms with van der Waals surface area (Å²) in [5.41, 5.74) is 0.646. The van der Waals surface area contributed by atoms with E-state index in [-0.39, 0.29) is 11.2 Å². The van der Waals surface area contributed by atoms with Gasteiger partial charge in [-0.1, -0.05) is 13.8 Å². The van der Waals surface area contributed by atoms with E-state index in [1.54, 1.807) is 6.26 Å². The molecule has 0 amide bonds. The number of rotatable bonds is 2. The lowest BCUT2D eigenvalue weighted by molar-refractivity contribution is -0.126. The van der Waals surface area contributed by atoms with Gasteiger partial charge < -0.3 is 4.42 Å². The average Bonchev–Trinajstić information content (AvgIpc) is 2.75. The van der Waals surface area contributed by atoms with Crippen LogP contribution in [0.2, 0.25) is 0 Å². The van der Waals surface area contributed by atoms with E-state index < -0.39 is 0 Å². The molecule has 2 nitrogen and oxygen atoms in total. The third kappa shape index (κ3) is 1.58. The van der Waals surface area contributed by atoms with Crippen LogP contribution < -0.4 is 0 Å². The van der Waals surface area contributed by atoms with Gasteiger partial charge in [0.25, 0.3) is 0 Å². The van der Waals surface area contributed by atoms with Crippen molar-refractivity contribution in [3.05, 3.63) is 24.2 Å². The third-order valence-electron chi connectivity index (χ3n) is 5.85. The highest BCUT2D eigenvalue weighted by Crippen LogP contribution is 2.70. The van der Waals surface area contributed by atoms with Crippen LogP contribution in [-0.4, -0.2) is 5.78 Å². The van der Waals surface area contributed by atoms with Crippen molar-refractivity contribution in [1.29, 1.82) is 0 Å². The highest BCUT2D eigenvalue weighted by Gasteiger charge is 2.62. The maximum absolute atomic E-state index is 13.0.